The zero-order valence-electron chi connectivity index (χ0n) is 12.6. The number of nitro groups is 1. The minimum atomic E-state index is -0.777. The van der Waals surface area contributed by atoms with Gasteiger partial charge in [-0.3, -0.25) is 19.7 Å². The fraction of sp³-hybridized carbons (Fsp3) is 0.467. The van der Waals surface area contributed by atoms with Gasteiger partial charge in [-0.05, 0) is 18.9 Å². The number of likely N-dealkylation sites (tertiary alicyclic amines) is 1. The SMILES string of the molecule is O=C(Nc1ccc([N+](=O)[O-])cc1Cl)C(=O)N1CCCCCCC1. The van der Waals surface area contributed by atoms with Crippen LogP contribution in [-0.4, -0.2) is 34.7 Å². The molecule has 23 heavy (non-hydrogen) atoms. The van der Waals surface area contributed by atoms with Gasteiger partial charge in [0.15, 0.2) is 0 Å². The lowest BCUT2D eigenvalue weighted by molar-refractivity contribution is -0.384. The summed E-state index contributed by atoms with van der Waals surface area (Å²) in [6, 6.07) is 3.68. The van der Waals surface area contributed by atoms with Crippen molar-refractivity contribution in [1.82, 2.24) is 4.90 Å². The van der Waals surface area contributed by atoms with Crippen molar-refractivity contribution in [3.05, 3.63) is 33.3 Å². The number of rotatable bonds is 2. The third-order valence-electron chi connectivity index (χ3n) is 3.75. The van der Waals surface area contributed by atoms with E-state index in [2.05, 4.69) is 5.32 Å². The second-order valence-electron chi connectivity index (χ2n) is 5.44. The number of benzene rings is 1. The zero-order chi connectivity index (χ0) is 16.8. The van der Waals surface area contributed by atoms with Crippen molar-refractivity contribution in [2.75, 3.05) is 18.4 Å². The monoisotopic (exact) mass is 339 g/mol. The molecule has 8 heteroatoms. The smallest absolute Gasteiger partial charge is 0.313 e. The molecule has 124 valence electrons. The standard InChI is InChI=1S/C15H18ClN3O4/c16-12-10-11(19(22)23)6-7-13(12)17-14(20)15(21)18-8-4-2-1-3-5-9-18/h6-7,10H,1-5,8-9H2,(H,17,20). The summed E-state index contributed by atoms with van der Waals surface area (Å²) in [4.78, 5) is 35.9. The molecule has 0 saturated carbocycles. The van der Waals surface area contributed by atoms with Gasteiger partial charge in [0.1, 0.15) is 0 Å². The van der Waals surface area contributed by atoms with Gasteiger partial charge < -0.3 is 10.2 Å². The number of amides is 2. The van der Waals surface area contributed by atoms with Gasteiger partial charge in [-0.1, -0.05) is 30.9 Å². The van der Waals surface area contributed by atoms with Crippen molar-refractivity contribution in [2.45, 2.75) is 32.1 Å². The van der Waals surface area contributed by atoms with E-state index in [9.17, 15) is 19.7 Å². The van der Waals surface area contributed by atoms with Gasteiger partial charge in [0.2, 0.25) is 0 Å². The maximum absolute atomic E-state index is 12.2. The van der Waals surface area contributed by atoms with Crippen LogP contribution < -0.4 is 5.32 Å². The highest BCUT2D eigenvalue weighted by Crippen LogP contribution is 2.26. The maximum Gasteiger partial charge on any atom is 0.313 e. The Morgan fingerprint density at radius 1 is 1.13 bits per heavy atom. The number of hydrogen-bond donors (Lipinski definition) is 1. The summed E-state index contributed by atoms with van der Waals surface area (Å²) < 4.78 is 0. The van der Waals surface area contributed by atoms with Crippen molar-refractivity contribution in [2.24, 2.45) is 0 Å². The molecule has 0 radical (unpaired) electrons. The molecule has 1 aromatic carbocycles. The van der Waals surface area contributed by atoms with Crippen LogP contribution in [0.4, 0.5) is 11.4 Å². The van der Waals surface area contributed by atoms with Gasteiger partial charge in [0, 0.05) is 25.2 Å². The van der Waals surface area contributed by atoms with Crippen LogP contribution in [0.5, 0.6) is 0 Å². The van der Waals surface area contributed by atoms with Gasteiger partial charge in [0.05, 0.1) is 15.6 Å². The zero-order valence-corrected chi connectivity index (χ0v) is 13.3. The molecule has 0 aromatic heterocycles. The van der Waals surface area contributed by atoms with E-state index in [-0.39, 0.29) is 16.4 Å². The Hall–Kier alpha value is -2.15. The molecule has 0 spiro atoms. The van der Waals surface area contributed by atoms with Crippen LogP contribution >= 0.6 is 11.6 Å². The first kappa shape index (κ1) is 17.2. The van der Waals surface area contributed by atoms with E-state index in [1.165, 1.54) is 12.1 Å². The number of anilines is 1. The second-order valence-corrected chi connectivity index (χ2v) is 5.84. The average molecular weight is 340 g/mol. The first-order chi connectivity index (χ1) is 11.0. The van der Waals surface area contributed by atoms with Crippen molar-refractivity contribution in [3.8, 4) is 0 Å². The highest BCUT2D eigenvalue weighted by molar-refractivity contribution is 6.41. The summed E-state index contributed by atoms with van der Waals surface area (Å²) in [7, 11) is 0. The molecule has 1 N–H and O–H groups in total. The molecule has 1 saturated heterocycles. The lowest BCUT2D eigenvalue weighted by atomic mass is 10.1. The molecule has 2 rings (SSSR count). The largest absolute Gasteiger partial charge is 0.334 e. The Morgan fingerprint density at radius 3 is 2.30 bits per heavy atom. The molecule has 1 aliphatic rings. The molecule has 0 unspecified atom stereocenters. The van der Waals surface area contributed by atoms with E-state index in [4.69, 9.17) is 11.6 Å². The number of nitrogens with one attached hydrogen (secondary N) is 1. The fourth-order valence-corrected chi connectivity index (χ4v) is 2.71. The minimum Gasteiger partial charge on any atom is -0.334 e. The number of nitro benzene ring substituents is 1. The van der Waals surface area contributed by atoms with Crippen molar-refractivity contribution in [1.29, 1.82) is 0 Å². The molecule has 1 fully saturated rings. The Morgan fingerprint density at radius 2 is 1.74 bits per heavy atom. The Balaban J connectivity index is 2.02. The lowest BCUT2D eigenvalue weighted by Crippen LogP contribution is -2.41. The minimum absolute atomic E-state index is 0.0213. The predicted octanol–water partition coefficient (Wildman–Crippen LogP) is 2.98. The number of hydrogen-bond acceptors (Lipinski definition) is 4. The number of nitrogens with zero attached hydrogens (tertiary/aromatic N) is 2. The second kappa shape index (κ2) is 7.92. The molecule has 1 heterocycles. The Kier molecular flexibility index (Phi) is 5.92. The molecule has 0 bridgehead atoms. The molecular formula is C15H18ClN3O4. The molecule has 0 aliphatic carbocycles. The number of carbonyl (C=O) groups is 2. The highest BCUT2D eigenvalue weighted by Gasteiger charge is 2.23. The summed E-state index contributed by atoms with van der Waals surface area (Å²) >= 11 is 5.91. The quantitative estimate of drug-likeness (QED) is 0.509. The lowest BCUT2D eigenvalue weighted by Gasteiger charge is -2.24. The maximum atomic E-state index is 12.2. The van der Waals surface area contributed by atoms with Crippen LogP contribution in [0.3, 0.4) is 0 Å². The summed E-state index contributed by atoms with van der Waals surface area (Å²) in [6.07, 6.45) is 5.04. The fourth-order valence-electron chi connectivity index (χ4n) is 2.49. The number of halogens is 1. The molecule has 1 aliphatic heterocycles. The van der Waals surface area contributed by atoms with Crippen molar-refractivity contribution in [3.63, 3.8) is 0 Å². The van der Waals surface area contributed by atoms with Crippen LogP contribution in [-0.2, 0) is 9.59 Å². The van der Waals surface area contributed by atoms with E-state index in [1.807, 2.05) is 0 Å². The predicted molar refractivity (Wildman–Crippen MR) is 86.4 cm³/mol. The first-order valence-electron chi connectivity index (χ1n) is 7.53. The third kappa shape index (κ3) is 4.66. The molecule has 1 aromatic rings. The van der Waals surface area contributed by atoms with Gasteiger partial charge in [-0.15, -0.1) is 0 Å². The van der Waals surface area contributed by atoms with E-state index >= 15 is 0 Å². The van der Waals surface area contributed by atoms with E-state index in [0.717, 1.165) is 38.2 Å². The van der Waals surface area contributed by atoms with Crippen LogP contribution in [0.1, 0.15) is 32.1 Å². The summed E-state index contributed by atoms with van der Waals surface area (Å²) in [5.41, 5.74) is 0.00533. The normalized spacial score (nSPS) is 15.4. The first-order valence-corrected chi connectivity index (χ1v) is 7.91. The van der Waals surface area contributed by atoms with Crippen LogP contribution in [0.15, 0.2) is 18.2 Å². The molecule has 2 amide bonds. The average Bonchev–Trinajstić information content (AvgIpc) is 2.48. The molecular weight excluding hydrogens is 322 g/mol. The number of carbonyl (C=O) groups excluding carboxylic acids is 2. The van der Waals surface area contributed by atoms with Crippen LogP contribution in [0, 0.1) is 10.1 Å². The van der Waals surface area contributed by atoms with Crippen molar-refractivity contribution >= 4 is 34.8 Å². The summed E-state index contributed by atoms with van der Waals surface area (Å²) in [6.45, 7) is 1.14. The van der Waals surface area contributed by atoms with E-state index in [1.54, 1.807) is 4.90 Å². The Labute approximate surface area is 138 Å². The third-order valence-corrected chi connectivity index (χ3v) is 4.06. The van der Waals surface area contributed by atoms with Gasteiger partial charge in [-0.25, -0.2) is 0 Å². The topological polar surface area (TPSA) is 92.5 Å². The van der Waals surface area contributed by atoms with Gasteiger partial charge in [-0.2, -0.15) is 0 Å². The summed E-state index contributed by atoms with van der Waals surface area (Å²) in [5.74, 6) is -1.37. The van der Waals surface area contributed by atoms with Crippen LogP contribution in [0.25, 0.3) is 0 Å². The molecule has 7 nitrogen and oxygen atoms in total. The van der Waals surface area contributed by atoms with E-state index < -0.39 is 16.7 Å². The molecule has 0 atom stereocenters. The Bertz CT molecular complexity index is 613. The van der Waals surface area contributed by atoms with Crippen molar-refractivity contribution < 1.29 is 14.5 Å². The van der Waals surface area contributed by atoms with Gasteiger partial charge >= 0.3 is 11.8 Å². The van der Waals surface area contributed by atoms with Crippen LogP contribution in [0.2, 0.25) is 5.02 Å². The van der Waals surface area contributed by atoms with Gasteiger partial charge in [0.25, 0.3) is 5.69 Å². The highest BCUT2D eigenvalue weighted by atomic mass is 35.5. The number of non-ortho nitro benzene ring substituents is 1. The van der Waals surface area contributed by atoms with E-state index in [0.29, 0.717) is 13.1 Å². The summed E-state index contributed by atoms with van der Waals surface area (Å²) in [5, 5.41) is 13.1.